The summed E-state index contributed by atoms with van der Waals surface area (Å²) in [6, 6.07) is 9.20. The molecule has 0 fully saturated rings. The SMILES string of the molecule is Cc1cc(Cl)c(C(=O)Nc2cccc(CCCO)c2)cn1. The minimum atomic E-state index is -0.285. The fourth-order valence-electron chi connectivity index (χ4n) is 1.98. The second-order valence-corrected chi connectivity index (χ2v) is 5.19. The molecule has 0 aliphatic heterocycles. The largest absolute Gasteiger partial charge is 0.396 e. The number of benzene rings is 1. The zero-order valence-electron chi connectivity index (χ0n) is 11.8. The van der Waals surface area contributed by atoms with Crippen LogP contribution in [0.25, 0.3) is 0 Å². The third kappa shape index (κ3) is 4.28. The van der Waals surface area contributed by atoms with E-state index in [4.69, 9.17) is 16.7 Å². The molecule has 110 valence electrons. The third-order valence-electron chi connectivity index (χ3n) is 3.04. The number of hydrogen-bond donors (Lipinski definition) is 2. The van der Waals surface area contributed by atoms with Crippen molar-refractivity contribution in [2.45, 2.75) is 19.8 Å². The fraction of sp³-hybridized carbons (Fsp3) is 0.250. The second kappa shape index (κ2) is 7.20. The van der Waals surface area contributed by atoms with E-state index in [-0.39, 0.29) is 12.5 Å². The van der Waals surface area contributed by atoms with Crippen LogP contribution < -0.4 is 5.32 Å². The normalized spacial score (nSPS) is 10.4. The van der Waals surface area contributed by atoms with Crippen molar-refractivity contribution in [3.05, 3.63) is 58.4 Å². The minimum Gasteiger partial charge on any atom is -0.396 e. The summed E-state index contributed by atoms with van der Waals surface area (Å²) in [7, 11) is 0. The molecule has 1 aromatic heterocycles. The molecule has 0 spiro atoms. The van der Waals surface area contributed by atoms with Crippen LogP contribution in [-0.4, -0.2) is 22.6 Å². The van der Waals surface area contributed by atoms with Crippen molar-refractivity contribution in [1.29, 1.82) is 0 Å². The molecule has 1 aromatic carbocycles. The summed E-state index contributed by atoms with van der Waals surface area (Å²) in [6.07, 6.45) is 2.95. The molecule has 1 amide bonds. The summed E-state index contributed by atoms with van der Waals surface area (Å²) in [4.78, 5) is 16.3. The van der Waals surface area contributed by atoms with E-state index in [1.807, 2.05) is 31.2 Å². The Morgan fingerprint density at radius 3 is 2.90 bits per heavy atom. The molecule has 0 unspecified atom stereocenters. The molecule has 0 aliphatic rings. The summed E-state index contributed by atoms with van der Waals surface area (Å²) in [5.41, 5.74) is 2.88. The van der Waals surface area contributed by atoms with Crippen LogP contribution in [0.5, 0.6) is 0 Å². The third-order valence-corrected chi connectivity index (χ3v) is 3.36. The van der Waals surface area contributed by atoms with Gasteiger partial charge in [0, 0.05) is 24.2 Å². The van der Waals surface area contributed by atoms with Gasteiger partial charge in [0.2, 0.25) is 0 Å². The van der Waals surface area contributed by atoms with E-state index in [0.717, 1.165) is 17.7 Å². The number of aliphatic hydroxyl groups excluding tert-OH is 1. The molecular weight excluding hydrogens is 288 g/mol. The number of aromatic nitrogens is 1. The van der Waals surface area contributed by atoms with Gasteiger partial charge < -0.3 is 10.4 Å². The average Bonchev–Trinajstić information content (AvgIpc) is 2.45. The van der Waals surface area contributed by atoms with Gasteiger partial charge >= 0.3 is 0 Å². The molecule has 2 N–H and O–H groups in total. The van der Waals surface area contributed by atoms with Gasteiger partial charge in [-0.3, -0.25) is 9.78 Å². The van der Waals surface area contributed by atoms with Crippen molar-refractivity contribution in [3.8, 4) is 0 Å². The molecule has 0 atom stereocenters. The lowest BCUT2D eigenvalue weighted by Crippen LogP contribution is -2.13. The Labute approximate surface area is 128 Å². The number of pyridine rings is 1. The van der Waals surface area contributed by atoms with E-state index in [1.54, 1.807) is 6.07 Å². The van der Waals surface area contributed by atoms with E-state index in [9.17, 15) is 4.79 Å². The Kier molecular flexibility index (Phi) is 5.31. The van der Waals surface area contributed by atoms with Crippen molar-refractivity contribution in [2.24, 2.45) is 0 Å². The highest BCUT2D eigenvalue weighted by molar-refractivity contribution is 6.34. The van der Waals surface area contributed by atoms with E-state index in [1.165, 1.54) is 6.20 Å². The molecule has 0 saturated carbocycles. The van der Waals surface area contributed by atoms with Gasteiger partial charge in [-0.1, -0.05) is 23.7 Å². The monoisotopic (exact) mass is 304 g/mol. The predicted molar refractivity (Wildman–Crippen MR) is 83.8 cm³/mol. The highest BCUT2D eigenvalue weighted by atomic mass is 35.5. The molecule has 2 aromatic rings. The van der Waals surface area contributed by atoms with Crippen molar-refractivity contribution < 1.29 is 9.90 Å². The number of nitrogens with zero attached hydrogens (tertiary/aromatic N) is 1. The van der Waals surface area contributed by atoms with Gasteiger partial charge in [-0.2, -0.15) is 0 Å². The molecule has 0 bridgehead atoms. The van der Waals surface area contributed by atoms with Crippen LogP contribution in [0.15, 0.2) is 36.5 Å². The Morgan fingerprint density at radius 1 is 1.38 bits per heavy atom. The van der Waals surface area contributed by atoms with Crippen molar-refractivity contribution in [2.75, 3.05) is 11.9 Å². The smallest absolute Gasteiger partial charge is 0.258 e. The second-order valence-electron chi connectivity index (χ2n) is 4.79. The fourth-order valence-corrected chi connectivity index (χ4v) is 2.27. The van der Waals surface area contributed by atoms with Gasteiger partial charge in [0.15, 0.2) is 0 Å². The maximum atomic E-state index is 12.2. The summed E-state index contributed by atoms with van der Waals surface area (Å²) < 4.78 is 0. The molecule has 0 aliphatic carbocycles. The molecule has 1 heterocycles. The predicted octanol–water partition coefficient (Wildman–Crippen LogP) is 3.22. The number of aryl methyl sites for hydroxylation is 2. The van der Waals surface area contributed by atoms with Gasteiger partial charge in [-0.15, -0.1) is 0 Å². The maximum absolute atomic E-state index is 12.2. The lowest BCUT2D eigenvalue weighted by Gasteiger charge is -2.08. The number of carbonyl (C=O) groups is 1. The first-order chi connectivity index (χ1) is 10.1. The topological polar surface area (TPSA) is 62.2 Å². The lowest BCUT2D eigenvalue weighted by molar-refractivity contribution is 0.102. The number of carbonyl (C=O) groups excluding carboxylic acids is 1. The van der Waals surface area contributed by atoms with Gasteiger partial charge in [0.1, 0.15) is 0 Å². The Bertz CT molecular complexity index is 644. The standard InChI is InChI=1S/C16H17ClN2O2/c1-11-8-15(17)14(10-18-11)16(21)19-13-6-2-4-12(9-13)5-3-7-20/h2,4,6,8-10,20H,3,5,7H2,1H3,(H,19,21). The van der Waals surface area contributed by atoms with Crippen molar-refractivity contribution >= 4 is 23.2 Å². The number of hydrogen-bond acceptors (Lipinski definition) is 3. The van der Waals surface area contributed by atoms with E-state index in [0.29, 0.717) is 22.7 Å². The van der Waals surface area contributed by atoms with E-state index < -0.39 is 0 Å². The summed E-state index contributed by atoms with van der Waals surface area (Å²) in [5.74, 6) is -0.285. The van der Waals surface area contributed by atoms with Gasteiger partial charge in [0.25, 0.3) is 5.91 Å². The average molecular weight is 305 g/mol. The number of halogens is 1. The van der Waals surface area contributed by atoms with Gasteiger partial charge in [-0.25, -0.2) is 0 Å². The highest BCUT2D eigenvalue weighted by Crippen LogP contribution is 2.18. The Balaban J connectivity index is 2.12. The van der Waals surface area contributed by atoms with Crippen LogP contribution in [-0.2, 0) is 6.42 Å². The summed E-state index contributed by atoms with van der Waals surface area (Å²) in [5, 5.41) is 12.0. The zero-order valence-corrected chi connectivity index (χ0v) is 12.5. The molecule has 0 radical (unpaired) electrons. The number of anilines is 1. The van der Waals surface area contributed by atoms with Crippen LogP contribution in [0, 0.1) is 6.92 Å². The van der Waals surface area contributed by atoms with Crippen LogP contribution >= 0.6 is 11.6 Å². The number of rotatable bonds is 5. The van der Waals surface area contributed by atoms with Crippen LogP contribution in [0.2, 0.25) is 5.02 Å². The summed E-state index contributed by atoms with van der Waals surface area (Å²) >= 11 is 6.06. The highest BCUT2D eigenvalue weighted by Gasteiger charge is 2.11. The first kappa shape index (κ1) is 15.5. The van der Waals surface area contributed by atoms with Gasteiger partial charge in [-0.05, 0) is 43.5 Å². The lowest BCUT2D eigenvalue weighted by atomic mass is 10.1. The maximum Gasteiger partial charge on any atom is 0.258 e. The Morgan fingerprint density at radius 2 is 2.19 bits per heavy atom. The molecule has 0 saturated heterocycles. The molecule has 21 heavy (non-hydrogen) atoms. The van der Waals surface area contributed by atoms with Crippen molar-refractivity contribution in [3.63, 3.8) is 0 Å². The minimum absolute atomic E-state index is 0.154. The summed E-state index contributed by atoms with van der Waals surface area (Å²) in [6.45, 7) is 1.97. The number of aliphatic hydroxyl groups is 1. The van der Waals surface area contributed by atoms with Crippen LogP contribution in [0.3, 0.4) is 0 Å². The zero-order chi connectivity index (χ0) is 15.2. The van der Waals surface area contributed by atoms with Crippen LogP contribution in [0.1, 0.15) is 28.0 Å². The van der Waals surface area contributed by atoms with E-state index in [2.05, 4.69) is 10.3 Å². The van der Waals surface area contributed by atoms with Crippen LogP contribution in [0.4, 0.5) is 5.69 Å². The van der Waals surface area contributed by atoms with Gasteiger partial charge in [0.05, 0.1) is 10.6 Å². The molecule has 4 nitrogen and oxygen atoms in total. The molecule has 2 rings (SSSR count). The van der Waals surface area contributed by atoms with Crippen molar-refractivity contribution in [1.82, 2.24) is 4.98 Å². The first-order valence-corrected chi connectivity index (χ1v) is 7.11. The van der Waals surface area contributed by atoms with E-state index >= 15 is 0 Å². The molecular formula is C16H17ClN2O2. The number of nitrogens with one attached hydrogen (secondary N) is 1. The molecule has 5 heteroatoms. The Hall–Kier alpha value is -1.91. The quantitative estimate of drug-likeness (QED) is 0.891. The number of amides is 1. The first-order valence-electron chi connectivity index (χ1n) is 6.73.